The van der Waals surface area contributed by atoms with Crippen LogP contribution in [0.15, 0.2) is 194 Å². The highest BCUT2D eigenvalue weighted by molar-refractivity contribution is 6.17. The van der Waals surface area contributed by atoms with Crippen molar-refractivity contribution in [1.82, 2.24) is 19.5 Å². The van der Waals surface area contributed by atoms with Crippen LogP contribution >= 0.6 is 0 Å². The van der Waals surface area contributed by atoms with E-state index in [0.717, 1.165) is 27.5 Å². The molecule has 0 atom stereocenters. The summed E-state index contributed by atoms with van der Waals surface area (Å²) >= 11 is 0. The average molecular weight is 713 g/mol. The van der Waals surface area contributed by atoms with Gasteiger partial charge in [0, 0.05) is 21.9 Å². The molecular formula is C52H32N4. The lowest BCUT2D eigenvalue weighted by Crippen LogP contribution is -2.25. The largest absolute Gasteiger partial charge is 0.278 e. The first-order valence-electron chi connectivity index (χ1n) is 19.1. The van der Waals surface area contributed by atoms with Crippen molar-refractivity contribution in [3.8, 4) is 62.1 Å². The van der Waals surface area contributed by atoms with Crippen LogP contribution in [0.3, 0.4) is 0 Å². The third-order valence-electron chi connectivity index (χ3n) is 11.9. The van der Waals surface area contributed by atoms with Gasteiger partial charge >= 0.3 is 0 Å². The summed E-state index contributed by atoms with van der Waals surface area (Å²) in [5, 5.41) is 2.32. The Kier molecular flexibility index (Phi) is 6.52. The third-order valence-corrected chi connectivity index (χ3v) is 11.9. The molecule has 0 saturated carbocycles. The van der Waals surface area contributed by atoms with E-state index < -0.39 is 5.41 Å². The number of hydrogen-bond acceptors (Lipinski definition) is 3. The van der Waals surface area contributed by atoms with Crippen LogP contribution in [-0.2, 0) is 5.41 Å². The van der Waals surface area contributed by atoms with Gasteiger partial charge in [-0.1, -0.05) is 182 Å². The Bertz CT molecular complexity index is 3090. The molecule has 2 aliphatic carbocycles. The van der Waals surface area contributed by atoms with Gasteiger partial charge in [0.1, 0.15) is 0 Å². The molecule has 1 spiro atoms. The number of hydrogen-bond donors (Lipinski definition) is 0. The molecular weight excluding hydrogens is 681 g/mol. The van der Waals surface area contributed by atoms with Crippen LogP contribution in [0.25, 0.3) is 83.9 Å². The summed E-state index contributed by atoms with van der Waals surface area (Å²) in [7, 11) is 0. The van der Waals surface area contributed by atoms with Gasteiger partial charge in [0.2, 0.25) is 5.95 Å². The molecule has 0 radical (unpaired) electrons. The Hall–Kier alpha value is -7.43. The fourth-order valence-electron chi connectivity index (χ4n) is 9.72. The standard InChI is InChI=1S/C52H32N4/c1-3-17-33(18-4-1)49-53-50(34-19-5-2-6-20-34)55-51(54-49)56-45-31-14-10-24-40(45)48-38(26-16-32-46(48)56)37-25-15-30-44-47(37)39-23-9-13-29-43(39)52(44)41-27-11-7-21-35(41)36-22-8-12-28-42(36)52/h1-32H. The summed E-state index contributed by atoms with van der Waals surface area (Å²) < 4.78 is 2.22. The van der Waals surface area contributed by atoms with E-state index in [1.807, 2.05) is 36.4 Å². The molecule has 56 heavy (non-hydrogen) atoms. The zero-order chi connectivity index (χ0) is 36.8. The zero-order valence-electron chi connectivity index (χ0n) is 30.3. The first kappa shape index (κ1) is 31.0. The van der Waals surface area contributed by atoms with Crippen molar-refractivity contribution in [2.45, 2.75) is 5.41 Å². The van der Waals surface area contributed by atoms with E-state index in [1.54, 1.807) is 0 Å². The van der Waals surface area contributed by atoms with Gasteiger partial charge < -0.3 is 0 Å². The lowest BCUT2D eigenvalue weighted by atomic mass is 9.70. The second-order valence-electron chi connectivity index (χ2n) is 14.7. The van der Waals surface area contributed by atoms with E-state index in [0.29, 0.717) is 17.6 Å². The molecule has 12 rings (SSSR count). The second-order valence-corrected chi connectivity index (χ2v) is 14.7. The minimum Gasteiger partial charge on any atom is -0.278 e. The number of rotatable bonds is 4. The van der Waals surface area contributed by atoms with Gasteiger partial charge in [-0.25, -0.2) is 4.98 Å². The highest BCUT2D eigenvalue weighted by Crippen LogP contribution is 2.64. The Morgan fingerprint density at radius 2 is 0.804 bits per heavy atom. The van der Waals surface area contributed by atoms with Crippen molar-refractivity contribution in [1.29, 1.82) is 0 Å². The van der Waals surface area contributed by atoms with Crippen LogP contribution in [-0.4, -0.2) is 19.5 Å². The number of nitrogens with zero attached hydrogens (tertiary/aromatic N) is 4. The minimum atomic E-state index is -0.413. The van der Waals surface area contributed by atoms with E-state index in [-0.39, 0.29) is 0 Å². The molecule has 2 aliphatic rings. The van der Waals surface area contributed by atoms with Crippen LogP contribution in [0.1, 0.15) is 22.3 Å². The van der Waals surface area contributed by atoms with Gasteiger partial charge in [0.15, 0.2) is 11.6 Å². The SMILES string of the molecule is c1ccc(-c2nc(-c3ccccc3)nc(-n3c4ccccc4c4c(-c5cccc6c5-c5ccccc5C65c6ccccc6-c6ccccc65)cccc43)n2)cc1. The Labute approximate surface area is 324 Å². The van der Waals surface area contributed by atoms with Gasteiger partial charge in [0.25, 0.3) is 0 Å². The summed E-state index contributed by atoms with van der Waals surface area (Å²) in [6, 6.07) is 69.6. The van der Waals surface area contributed by atoms with Gasteiger partial charge in [-0.05, 0) is 67.8 Å². The number of para-hydroxylation sites is 1. The van der Waals surface area contributed by atoms with E-state index in [1.165, 1.54) is 61.0 Å². The predicted octanol–water partition coefficient (Wildman–Crippen LogP) is 12.3. The van der Waals surface area contributed by atoms with Crippen LogP contribution in [0, 0.1) is 0 Å². The summed E-state index contributed by atoms with van der Waals surface area (Å²) in [5.74, 6) is 1.86. The molecule has 0 amide bonds. The Balaban J connectivity index is 1.15. The third kappa shape index (κ3) is 4.15. The molecule has 0 saturated heterocycles. The normalized spacial score (nSPS) is 13.1. The second kappa shape index (κ2) is 11.8. The molecule has 260 valence electrons. The maximum Gasteiger partial charge on any atom is 0.238 e. The fourth-order valence-corrected chi connectivity index (χ4v) is 9.72. The monoisotopic (exact) mass is 712 g/mol. The molecule has 4 nitrogen and oxygen atoms in total. The van der Waals surface area contributed by atoms with Gasteiger partial charge in [-0.3, -0.25) is 4.57 Å². The Morgan fingerprint density at radius 3 is 1.46 bits per heavy atom. The minimum absolute atomic E-state index is 0.413. The van der Waals surface area contributed by atoms with E-state index in [4.69, 9.17) is 15.0 Å². The van der Waals surface area contributed by atoms with Crippen molar-refractivity contribution in [2.24, 2.45) is 0 Å². The van der Waals surface area contributed by atoms with Gasteiger partial charge in [0.05, 0.1) is 16.4 Å². The predicted molar refractivity (Wildman–Crippen MR) is 227 cm³/mol. The first-order chi connectivity index (χ1) is 27.8. The van der Waals surface area contributed by atoms with Gasteiger partial charge in [-0.15, -0.1) is 0 Å². The highest BCUT2D eigenvalue weighted by Gasteiger charge is 2.52. The maximum atomic E-state index is 5.19. The van der Waals surface area contributed by atoms with Crippen LogP contribution < -0.4 is 0 Å². The van der Waals surface area contributed by atoms with Crippen LogP contribution in [0.2, 0.25) is 0 Å². The van der Waals surface area contributed by atoms with E-state index in [2.05, 4.69) is 162 Å². The van der Waals surface area contributed by atoms with E-state index >= 15 is 0 Å². The summed E-state index contributed by atoms with van der Waals surface area (Å²) in [5.41, 5.74) is 16.5. The van der Waals surface area contributed by atoms with Crippen molar-refractivity contribution in [2.75, 3.05) is 0 Å². The summed E-state index contributed by atoms with van der Waals surface area (Å²) in [6.07, 6.45) is 0. The lowest BCUT2D eigenvalue weighted by Gasteiger charge is -2.30. The molecule has 8 aromatic carbocycles. The van der Waals surface area contributed by atoms with E-state index in [9.17, 15) is 0 Å². The zero-order valence-corrected chi connectivity index (χ0v) is 30.3. The number of benzene rings is 8. The molecule has 0 unspecified atom stereocenters. The topological polar surface area (TPSA) is 43.6 Å². The van der Waals surface area contributed by atoms with Crippen molar-refractivity contribution < 1.29 is 0 Å². The molecule has 0 N–H and O–H groups in total. The number of fused-ring (bicyclic) bond motifs is 13. The lowest BCUT2D eigenvalue weighted by molar-refractivity contribution is 0.794. The van der Waals surface area contributed by atoms with Crippen molar-refractivity contribution in [3.05, 3.63) is 216 Å². The average Bonchev–Trinajstić information content (AvgIpc) is 3.89. The van der Waals surface area contributed by atoms with Crippen molar-refractivity contribution >= 4 is 21.8 Å². The van der Waals surface area contributed by atoms with Crippen molar-refractivity contribution in [3.63, 3.8) is 0 Å². The molecule has 2 aromatic heterocycles. The summed E-state index contributed by atoms with van der Waals surface area (Å²) in [6.45, 7) is 0. The smallest absolute Gasteiger partial charge is 0.238 e. The van der Waals surface area contributed by atoms with Gasteiger partial charge in [-0.2, -0.15) is 9.97 Å². The quantitative estimate of drug-likeness (QED) is 0.182. The van der Waals surface area contributed by atoms with Crippen LogP contribution in [0.5, 0.6) is 0 Å². The molecule has 10 aromatic rings. The summed E-state index contributed by atoms with van der Waals surface area (Å²) in [4.78, 5) is 15.4. The Morgan fingerprint density at radius 1 is 0.339 bits per heavy atom. The van der Waals surface area contributed by atoms with Crippen LogP contribution in [0.4, 0.5) is 0 Å². The first-order valence-corrected chi connectivity index (χ1v) is 19.1. The molecule has 2 heterocycles. The number of aromatic nitrogens is 4. The highest BCUT2D eigenvalue weighted by atomic mass is 15.2. The molecule has 0 fully saturated rings. The molecule has 4 heteroatoms. The maximum absolute atomic E-state index is 5.19. The molecule has 0 bridgehead atoms. The molecule has 0 aliphatic heterocycles. The fraction of sp³-hybridized carbons (Fsp3) is 0.0192.